The first-order valence-corrected chi connectivity index (χ1v) is 7.28. The van der Waals surface area contributed by atoms with Gasteiger partial charge in [-0.1, -0.05) is 32.0 Å². The van der Waals surface area contributed by atoms with Gasteiger partial charge in [0.25, 0.3) is 0 Å². The maximum Gasteiger partial charge on any atom is 0.226 e. The van der Waals surface area contributed by atoms with Crippen LogP contribution in [-0.4, -0.2) is 44.1 Å². The largest absolute Gasteiger partial charge is 0.494 e. The number of para-hydroxylation sites is 1. The fraction of sp³-hybridized carbons (Fsp3) is 0.562. The maximum atomic E-state index is 12.1. The summed E-state index contributed by atoms with van der Waals surface area (Å²) in [5, 5.41) is 3.20. The minimum atomic E-state index is 0.0231. The number of nitrogens with one attached hydrogen (secondary N) is 1. The van der Waals surface area contributed by atoms with Crippen LogP contribution in [0.3, 0.4) is 0 Å². The predicted molar refractivity (Wildman–Crippen MR) is 81.9 cm³/mol. The van der Waals surface area contributed by atoms with E-state index in [9.17, 15) is 4.79 Å². The molecule has 0 spiro atoms. The second-order valence-electron chi connectivity index (χ2n) is 4.98. The van der Waals surface area contributed by atoms with Crippen LogP contribution in [-0.2, 0) is 4.79 Å². The highest BCUT2D eigenvalue weighted by Crippen LogP contribution is 2.08. The van der Waals surface area contributed by atoms with E-state index in [1.54, 1.807) is 4.90 Å². The van der Waals surface area contributed by atoms with E-state index in [2.05, 4.69) is 5.32 Å². The lowest BCUT2D eigenvalue weighted by Gasteiger charge is -2.21. The lowest BCUT2D eigenvalue weighted by Crippen LogP contribution is -2.37. The number of amides is 1. The first-order chi connectivity index (χ1) is 9.65. The minimum Gasteiger partial charge on any atom is -0.494 e. The number of carbonyl (C=O) groups excluding carboxylic acids is 1. The topological polar surface area (TPSA) is 41.6 Å². The minimum absolute atomic E-state index is 0.0231. The van der Waals surface area contributed by atoms with Crippen LogP contribution in [0.1, 0.15) is 20.3 Å². The van der Waals surface area contributed by atoms with Crippen molar-refractivity contribution < 1.29 is 9.53 Å². The molecule has 1 aromatic carbocycles. The lowest BCUT2D eigenvalue weighted by molar-refractivity contribution is -0.133. The summed E-state index contributed by atoms with van der Waals surface area (Å²) in [6.07, 6.45) is 0.838. The Kier molecular flexibility index (Phi) is 7.73. The summed E-state index contributed by atoms with van der Waals surface area (Å²) < 4.78 is 5.61. The molecule has 20 heavy (non-hydrogen) atoms. The van der Waals surface area contributed by atoms with Crippen LogP contribution in [0.25, 0.3) is 0 Å². The fourth-order valence-corrected chi connectivity index (χ4v) is 1.94. The average Bonchev–Trinajstić information content (AvgIpc) is 2.49. The zero-order chi connectivity index (χ0) is 14.8. The number of rotatable bonds is 9. The van der Waals surface area contributed by atoms with Crippen LogP contribution in [0.5, 0.6) is 5.75 Å². The molecule has 1 unspecified atom stereocenters. The molecule has 0 aromatic heterocycles. The van der Waals surface area contributed by atoms with Gasteiger partial charge < -0.3 is 15.0 Å². The normalized spacial score (nSPS) is 11.9. The molecule has 0 bridgehead atoms. The van der Waals surface area contributed by atoms with E-state index in [-0.39, 0.29) is 11.8 Å². The Morgan fingerprint density at radius 3 is 2.70 bits per heavy atom. The van der Waals surface area contributed by atoms with Gasteiger partial charge in [0.05, 0.1) is 6.61 Å². The summed E-state index contributed by atoms with van der Waals surface area (Å²) in [5.74, 6) is 1.09. The van der Waals surface area contributed by atoms with Crippen molar-refractivity contribution in [3.63, 3.8) is 0 Å². The molecule has 0 heterocycles. The third kappa shape index (κ3) is 6.06. The maximum absolute atomic E-state index is 12.1. The van der Waals surface area contributed by atoms with Crippen molar-refractivity contribution >= 4 is 5.91 Å². The van der Waals surface area contributed by atoms with Crippen molar-refractivity contribution in [3.8, 4) is 5.75 Å². The molecule has 0 saturated heterocycles. The van der Waals surface area contributed by atoms with Gasteiger partial charge in [0, 0.05) is 26.1 Å². The molecule has 0 saturated carbocycles. The van der Waals surface area contributed by atoms with Crippen molar-refractivity contribution in [1.29, 1.82) is 0 Å². The van der Waals surface area contributed by atoms with Crippen molar-refractivity contribution in [1.82, 2.24) is 10.2 Å². The standard InChI is InChI=1S/C16H26N2O2/c1-4-17-13-14(2)16(19)18(3)11-8-12-20-15-9-6-5-7-10-15/h5-7,9-10,14,17H,4,8,11-13H2,1-3H3. The summed E-state index contributed by atoms with van der Waals surface area (Å²) in [4.78, 5) is 13.8. The number of hydrogen-bond donors (Lipinski definition) is 1. The summed E-state index contributed by atoms with van der Waals surface area (Å²) in [7, 11) is 1.85. The van der Waals surface area contributed by atoms with E-state index in [1.165, 1.54) is 0 Å². The van der Waals surface area contributed by atoms with Crippen LogP contribution >= 0.6 is 0 Å². The fourth-order valence-electron chi connectivity index (χ4n) is 1.94. The van der Waals surface area contributed by atoms with Gasteiger partial charge in [0.1, 0.15) is 5.75 Å². The molecule has 0 aliphatic heterocycles. The molecular weight excluding hydrogens is 252 g/mol. The Bertz CT molecular complexity index is 381. The van der Waals surface area contributed by atoms with Gasteiger partial charge in [-0.25, -0.2) is 0 Å². The zero-order valence-corrected chi connectivity index (χ0v) is 12.8. The van der Waals surface area contributed by atoms with E-state index < -0.39 is 0 Å². The molecule has 0 fully saturated rings. The van der Waals surface area contributed by atoms with E-state index in [1.807, 2.05) is 51.2 Å². The van der Waals surface area contributed by atoms with Crippen LogP contribution in [0.4, 0.5) is 0 Å². The molecule has 0 aliphatic rings. The van der Waals surface area contributed by atoms with Gasteiger partial charge >= 0.3 is 0 Å². The Balaban J connectivity index is 2.19. The highest BCUT2D eigenvalue weighted by Gasteiger charge is 2.16. The summed E-state index contributed by atoms with van der Waals surface area (Å²) in [6, 6.07) is 9.74. The number of nitrogens with zero attached hydrogens (tertiary/aromatic N) is 1. The number of carbonyl (C=O) groups is 1. The lowest BCUT2D eigenvalue weighted by atomic mass is 10.1. The van der Waals surface area contributed by atoms with E-state index in [4.69, 9.17) is 4.74 Å². The predicted octanol–water partition coefficient (Wildman–Crippen LogP) is 2.16. The molecule has 4 nitrogen and oxygen atoms in total. The Hall–Kier alpha value is -1.55. The molecule has 112 valence electrons. The molecule has 1 amide bonds. The van der Waals surface area contributed by atoms with Gasteiger partial charge in [0.2, 0.25) is 5.91 Å². The molecule has 0 radical (unpaired) electrons. The molecule has 1 aromatic rings. The molecular formula is C16H26N2O2. The smallest absolute Gasteiger partial charge is 0.226 e. The van der Waals surface area contributed by atoms with E-state index >= 15 is 0 Å². The molecule has 1 N–H and O–H groups in total. The number of benzene rings is 1. The highest BCUT2D eigenvalue weighted by atomic mass is 16.5. The summed E-state index contributed by atoms with van der Waals surface area (Å²) >= 11 is 0. The summed E-state index contributed by atoms with van der Waals surface area (Å²) in [6.45, 7) is 6.99. The molecule has 0 aliphatic carbocycles. The van der Waals surface area contributed by atoms with Gasteiger partial charge in [0.15, 0.2) is 0 Å². The second kappa shape index (κ2) is 9.37. The Labute approximate surface area is 122 Å². The van der Waals surface area contributed by atoms with E-state index in [0.717, 1.165) is 31.8 Å². The van der Waals surface area contributed by atoms with Gasteiger partial charge in [-0.15, -0.1) is 0 Å². The first kappa shape index (κ1) is 16.5. The quantitative estimate of drug-likeness (QED) is 0.704. The van der Waals surface area contributed by atoms with Gasteiger partial charge in [-0.2, -0.15) is 0 Å². The highest BCUT2D eigenvalue weighted by molar-refractivity contribution is 5.78. The van der Waals surface area contributed by atoms with E-state index in [0.29, 0.717) is 6.61 Å². The monoisotopic (exact) mass is 278 g/mol. The molecule has 1 atom stereocenters. The zero-order valence-electron chi connectivity index (χ0n) is 12.8. The van der Waals surface area contributed by atoms with Crippen LogP contribution < -0.4 is 10.1 Å². The van der Waals surface area contributed by atoms with Crippen molar-refractivity contribution in [2.45, 2.75) is 20.3 Å². The second-order valence-corrected chi connectivity index (χ2v) is 4.98. The van der Waals surface area contributed by atoms with Gasteiger partial charge in [-0.05, 0) is 25.1 Å². The number of hydrogen-bond acceptors (Lipinski definition) is 3. The van der Waals surface area contributed by atoms with Crippen LogP contribution in [0.15, 0.2) is 30.3 Å². The first-order valence-electron chi connectivity index (χ1n) is 7.28. The molecule has 1 rings (SSSR count). The summed E-state index contributed by atoms with van der Waals surface area (Å²) in [5.41, 5.74) is 0. The van der Waals surface area contributed by atoms with Crippen LogP contribution in [0, 0.1) is 5.92 Å². The van der Waals surface area contributed by atoms with Crippen molar-refractivity contribution in [2.24, 2.45) is 5.92 Å². The van der Waals surface area contributed by atoms with Gasteiger partial charge in [-0.3, -0.25) is 4.79 Å². The molecule has 4 heteroatoms. The SMILES string of the molecule is CCNCC(C)C(=O)N(C)CCCOc1ccccc1. The van der Waals surface area contributed by atoms with Crippen molar-refractivity contribution in [2.75, 3.05) is 33.3 Å². The average molecular weight is 278 g/mol. The number of ether oxygens (including phenoxy) is 1. The Morgan fingerprint density at radius 2 is 2.05 bits per heavy atom. The Morgan fingerprint density at radius 1 is 1.35 bits per heavy atom. The van der Waals surface area contributed by atoms with Crippen molar-refractivity contribution in [3.05, 3.63) is 30.3 Å². The third-order valence-corrected chi connectivity index (χ3v) is 3.15. The third-order valence-electron chi connectivity index (χ3n) is 3.15. The van der Waals surface area contributed by atoms with Crippen LogP contribution in [0.2, 0.25) is 0 Å².